The normalized spacial score (nSPS) is 22.0. The number of carbonyl (C=O) groups excluding carboxylic acids is 1. The minimum absolute atomic E-state index is 0.0505. The van der Waals surface area contributed by atoms with Gasteiger partial charge < -0.3 is 14.7 Å². The van der Waals surface area contributed by atoms with Crippen LogP contribution in [-0.4, -0.2) is 74.7 Å². The first kappa shape index (κ1) is 23.4. The third kappa shape index (κ3) is 6.59. The molecule has 1 N–H and O–H groups in total. The Kier molecular flexibility index (Phi) is 8.57. The van der Waals surface area contributed by atoms with Crippen LogP contribution in [-0.2, 0) is 29.2 Å². The summed E-state index contributed by atoms with van der Waals surface area (Å²) in [6.07, 6.45) is 2.76. The Morgan fingerprint density at radius 1 is 1.32 bits per heavy atom. The van der Waals surface area contributed by atoms with Crippen molar-refractivity contribution in [1.82, 2.24) is 24.8 Å². The van der Waals surface area contributed by atoms with Crippen molar-refractivity contribution in [2.45, 2.75) is 58.5 Å². The van der Waals surface area contributed by atoms with E-state index in [9.17, 15) is 9.90 Å². The van der Waals surface area contributed by atoms with Crippen LogP contribution >= 0.6 is 0 Å². The standard InChI is InChI=1S/C23H35N5O3/c1-18-13-27(19(2)16-29)23(30)10-7-11-28-21(12-24-25-28)17-31-22(18)15-26(3)14-20-8-5-4-6-9-20/h4-6,8-9,12,18-19,22,29H,7,10-11,13-17H2,1-3H3/t18-,19-,22-/m0/s1. The maximum absolute atomic E-state index is 12.9. The van der Waals surface area contributed by atoms with Crippen LogP contribution in [0.3, 0.4) is 0 Å². The van der Waals surface area contributed by atoms with E-state index in [-0.39, 0.29) is 30.6 Å². The van der Waals surface area contributed by atoms with Crippen molar-refractivity contribution in [2.24, 2.45) is 5.92 Å². The van der Waals surface area contributed by atoms with Crippen LogP contribution in [0, 0.1) is 5.92 Å². The number of hydrogen-bond donors (Lipinski definition) is 1. The number of rotatable bonds is 6. The summed E-state index contributed by atoms with van der Waals surface area (Å²) in [4.78, 5) is 17.0. The largest absolute Gasteiger partial charge is 0.394 e. The number of aliphatic hydroxyl groups excluding tert-OH is 1. The first-order valence-corrected chi connectivity index (χ1v) is 11.1. The van der Waals surface area contributed by atoms with E-state index in [2.05, 4.69) is 41.3 Å². The fraction of sp³-hybridized carbons (Fsp3) is 0.609. The van der Waals surface area contributed by atoms with Crippen LogP contribution in [0.1, 0.15) is 37.9 Å². The first-order valence-electron chi connectivity index (χ1n) is 11.1. The van der Waals surface area contributed by atoms with Crippen molar-refractivity contribution in [1.29, 1.82) is 0 Å². The molecule has 1 aliphatic rings. The molecule has 0 spiro atoms. The topological polar surface area (TPSA) is 83.7 Å². The number of aryl methyl sites for hydroxylation is 1. The lowest BCUT2D eigenvalue weighted by atomic mass is 10.0. The SMILES string of the molecule is C[C@H]1CN([C@@H](C)CO)C(=O)CCCn2nncc2CO[C@H]1CN(C)Cc1ccccc1. The number of amides is 1. The summed E-state index contributed by atoms with van der Waals surface area (Å²) < 4.78 is 8.20. The minimum Gasteiger partial charge on any atom is -0.394 e. The molecule has 2 heterocycles. The molecule has 0 saturated heterocycles. The summed E-state index contributed by atoms with van der Waals surface area (Å²) >= 11 is 0. The van der Waals surface area contributed by atoms with Gasteiger partial charge in [0.1, 0.15) is 0 Å². The third-order valence-electron chi connectivity index (χ3n) is 5.93. The fourth-order valence-electron chi connectivity index (χ4n) is 4.01. The Bertz CT molecular complexity index is 813. The van der Waals surface area contributed by atoms with Crippen LogP contribution in [0.2, 0.25) is 0 Å². The third-order valence-corrected chi connectivity index (χ3v) is 5.93. The van der Waals surface area contributed by atoms with Gasteiger partial charge in [-0.25, -0.2) is 4.68 Å². The fourth-order valence-corrected chi connectivity index (χ4v) is 4.01. The van der Waals surface area contributed by atoms with Crippen LogP contribution in [0.15, 0.2) is 36.5 Å². The van der Waals surface area contributed by atoms with Gasteiger partial charge in [0.05, 0.1) is 37.3 Å². The second-order valence-electron chi connectivity index (χ2n) is 8.64. The Labute approximate surface area is 184 Å². The second kappa shape index (κ2) is 11.4. The van der Waals surface area contributed by atoms with Crippen LogP contribution < -0.4 is 0 Å². The average molecular weight is 430 g/mol. The monoisotopic (exact) mass is 429 g/mol. The quantitative estimate of drug-likeness (QED) is 0.756. The molecule has 8 nitrogen and oxygen atoms in total. The van der Waals surface area contributed by atoms with E-state index in [1.807, 2.05) is 34.7 Å². The smallest absolute Gasteiger partial charge is 0.222 e. The molecule has 2 aromatic rings. The molecule has 1 aromatic carbocycles. The number of ether oxygens (including phenoxy) is 1. The number of nitrogens with zero attached hydrogens (tertiary/aromatic N) is 5. The van der Waals surface area contributed by atoms with Crippen LogP contribution in [0.4, 0.5) is 0 Å². The lowest BCUT2D eigenvalue weighted by Crippen LogP contribution is -2.47. The van der Waals surface area contributed by atoms with E-state index in [0.717, 1.165) is 18.8 Å². The van der Waals surface area contributed by atoms with Crippen LogP contribution in [0.5, 0.6) is 0 Å². The number of likely N-dealkylation sites (N-methyl/N-ethyl adjacent to an activating group) is 1. The minimum atomic E-state index is -0.220. The van der Waals surface area contributed by atoms with Crippen molar-refractivity contribution >= 4 is 5.91 Å². The Balaban J connectivity index is 1.77. The summed E-state index contributed by atoms with van der Waals surface area (Å²) in [5.41, 5.74) is 2.18. The van der Waals surface area contributed by atoms with Gasteiger partial charge in [-0.3, -0.25) is 9.69 Å². The lowest BCUT2D eigenvalue weighted by Gasteiger charge is -2.35. The predicted molar refractivity (Wildman–Crippen MR) is 118 cm³/mol. The highest BCUT2D eigenvalue weighted by Crippen LogP contribution is 2.18. The summed E-state index contributed by atoms with van der Waals surface area (Å²) in [6, 6.07) is 10.1. The van der Waals surface area contributed by atoms with Gasteiger partial charge in [0.25, 0.3) is 0 Å². The maximum Gasteiger partial charge on any atom is 0.222 e. The number of benzene rings is 1. The summed E-state index contributed by atoms with van der Waals surface area (Å²) in [5.74, 6) is 0.159. The molecule has 31 heavy (non-hydrogen) atoms. The van der Waals surface area contributed by atoms with Gasteiger partial charge in [-0.15, -0.1) is 5.10 Å². The number of fused-ring (bicyclic) bond motifs is 1. The molecule has 3 atom stereocenters. The highest BCUT2D eigenvalue weighted by atomic mass is 16.5. The average Bonchev–Trinajstić information content (AvgIpc) is 3.21. The molecule has 0 aliphatic carbocycles. The molecule has 0 fully saturated rings. The van der Waals surface area contributed by atoms with Gasteiger partial charge in [0.15, 0.2) is 0 Å². The molecule has 0 unspecified atom stereocenters. The second-order valence-corrected chi connectivity index (χ2v) is 8.64. The molecule has 8 heteroatoms. The van der Waals surface area contributed by atoms with E-state index < -0.39 is 0 Å². The van der Waals surface area contributed by atoms with Crippen molar-refractivity contribution in [3.05, 3.63) is 47.8 Å². The number of aliphatic hydroxyl groups is 1. The predicted octanol–water partition coefficient (Wildman–Crippen LogP) is 1.93. The zero-order valence-corrected chi connectivity index (χ0v) is 18.9. The summed E-state index contributed by atoms with van der Waals surface area (Å²) in [5, 5.41) is 17.9. The van der Waals surface area contributed by atoms with E-state index in [4.69, 9.17) is 4.74 Å². The lowest BCUT2D eigenvalue weighted by molar-refractivity contribution is -0.136. The summed E-state index contributed by atoms with van der Waals surface area (Å²) in [7, 11) is 2.09. The molecule has 1 aliphatic heterocycles. The highest BCUT2D eigenvalue weighted by molar-refractivity contribution is 5.76. The molecular weight excluding hydrogens is 394 g/mol. The summed E-state index contributed by atoms with van der Waals surface area (Å²) in [6.45, 7) is 7.13. The first-order chi connectivity index (χ1) is 15.0. The molecule has 1 amide bonds. The van der Waals surface area contributed by atoms with E-state index in [1.165, 1.54) is 5.56 Å². The van der Waals surface area contributed by atoms with Gasteiger partial charge in [-0.05, 0) is 26.0 Å². The Hall–Kier alpha value is -2.29. The number of aromatic nitrogens is 3. The molecule has 0 radical (unpaired) electrons. The maximum atomic E-state index is 12.9. The van der Waals surface area contributed by atoms with Gasteiger partial charge in [0.2, 0.25) is 5.91 Å². The van der Waals surface area contributed by atoms with Gasteiger partial charge in [0, 0.05) is 38.5 Å². The Morgan fingerprint density at radius 3 is 2.84 bits per heavy atom. The molecule has 0 saturated carbocycles. The van der Waals surface area contributed by atoms with Crippen molar-refractivity contribution in [2.75, 3.05) is 26.7 Å². The zero-order chi connectivity index (χ0) is 22.2. The molecule has 3 rings (SSSR count). The highest BCUT2D eigenvalue weighted by Gasteiger charge is 2.28. The van der Waals surface area contributed by atoms with E-state index >= 15 is 0 Å². The van der Waals surface area contributed by atoms with Crippen LogP contribution in [0.25, 0.3) is 0 Å². The van der Waals surface area contributed by atoms with Crippen molar-refractivity contribution in [3.8, 4) is 0 Å². The van der Waals surface area contributed by atoms with Crippen molar-refractivity contribution < 1.29 is 14.6 Å². The van der Waals surface area contributed by atoms with Crippen molar-refractivity contribution in [3.63, 3.8) is 0 Å². The Morgan fingerprint density at radius 2 is 2.10 bits per heavy atom. The van der Waals surface area contributed by atoms with Gasteiger partial charge >= 0.3 is 0 Å². The van der Waals surface area contributed by atoms with E-state index in [0.29, 0.717) is 32.5 Å². The van der Waals surface area contributed by atoms with Gasteiger partial charge in [-0.2, -0.15) is 0 Å². The molecule has 1 aromatic heterocycles. The van der Waals surface area contributed by atoms with E-state index in [1.54, 1.807) is 6.20 Å². The number of carbonyl (C=O) groups is 1. The molecular formula is C23H35N5O3. The molecule has 170 valence electrons. The van der Waals surface area contributed by atoms with Gasteiger partial charge in [-0.1, -0.05) is 42.5 Å². The number of hydrogen-bond acceptors (Lipinski definition) is 6. The molecule has 0 bridgehead atoms. The zero-order valence-electron chi connectivity index (χ0n) is 18.9.